The molecule has 1 atom stereocenters. The number of rotatable bonds is 1. The molecule has 1 unspecified atom stereocenters. The average Bonchev–Trinajstić information content (AvgIpc) is 3.04. The smallest absolute Gasteiger partial charge is 0.134 e. The zero-order chi connectivity index (χ0) is 15.4. The number of piperidine rings is 1. The van der Waals surface area contributed by atoms with Crippen molar-refractivity contribution in [1.29, 1.82) is 0 Å². The maximum atomic E-state index is 5.66. The van der Waals surface area contributed by atoms with Gasteiger partial charge in [0.1, 0.15) is 17.9 Å². The van der Waals surface area contributed by atoms with Gasteiger partial charge in [0.05, 0.1) is 12.6 Å². The molecule has 1 fully saturated rings. The van der Waals surface area contributed by atoms with Gasteiger partial charge in [0.2, 0.25) is 0 Å². The van der Waals surface area contributed by atoms with E-state index in [2.05, 4.69) is 26.8 Å². The SMILES string of the molecule is C1=C2NCCCC2CN1.COc1ccc2c(N)ncnc2c1. The molecular formula is C16H21N5O. The van der Waals surface area contributed by atoms with Crippen molar-refractivity contribution in [3.8, 4) is 5.75 Å². The van der Waals surface area contributed by atoms with Crippen molar-refractivity contribution in [3.05, 3.63) is 36.4 Å². The normalized spacial score (nSPS) is 19.1. The molecule has 3 heterocycles. The molecule has 4 N–H and O–H groups in total. The van der Waals surface area contributed by atoms with Crippen molar-refractivity contribution in [1.82, 2.24) is 20.6 Å². The first-order valence-electron chi connectivity index (χ1n) is 7.49. The molecule has 6 heteroatoms. The van der Waals surface area contributed by atoms with E-state index in [0.29, 0.717) is 5.82 Å². The van der Waals surface area contributed by atoms with Crippen molar-refractivity contribution in [2.45, 2.75) is 12.8 Å². The summed E-state index contributed by atoms with van der Waals surface area (Å²) < 4.78 is 5.06. The molecule has 1 saturated heterocycles. The summed E-state index contributed by atoms with van der Waals surface area (Å²) >= 11 is 0. The van der Waals surface area contributed by atoms with E-state index in [1.165, 1.54) is 31.4 Å². The topological polar surface area (TPSA) is 85.1 Å². The highest BCUT2D eigenvalue weighted by molar-refractivity contribution is 5.88. The van der Waals surface area contributed by atoms with Crippen LogP contribution in [0.4, 0.5) is 5.82 Å². The predicted molar refractivity (Wildman–Crippen MR) is 87.3 cm³/mol. The van der Waals surface area contributed by atoms with E-state index < -0.39 is 0 Å². The van der Waals surface area contributed by atoms with Gasteiger partial charge in [0, 0.05) is 42.4 Å². The van der Waals surface area contributed by atoms with Gasteiger partial charge in [0.25, 0.3) is 0 Å². The van der Waals surface area contributed by atoms with Crippen LogP contribution in [0.3, 0.4) is 0 Å². The van der Waals surface area contributed by atoms with Crippen LogP contribution in [0.2, 0.25) is 0 Å². The molecule has 0 amide bonds. The molecular weight excluding hydrogens is 278 g/mol. The molecule has 22 heavy (non-hydrogen) atoms. The van der Waals surface area contributed by atoms with Crippen LogP contribution in [-0.4, -0.2) is 30.2 Å². The predicted octanol–water partition coefficient (Wildman–Crippen LogP) is 1.65. The van der Waals surface area contributed by atoms with E-state index in [9.17, 15) is 0 Å². The highest BCUT2D eigenvalue weighted by Crippen LogP contribution is 2.22. The summed E-state index contributed by atoms with van der Waals surface area (Å²) in [6.07, 6.45) is 6.26. The standard InChI is InChI=1S/C9H9N3O.C7H12N2/c1-13-6-2-3-7-8(4-6)11-5-12-9(7)10;1-2-6-4-8-5-7(6)9-3-1/h2-5H,1H3,(H2,10,11,12);5-6,8-9H,1-4H2. The lowest BCUT2D eigenvalue weighted by Gasteiger charge is -2.20. The zero-order valence-corrected chi connectivity index (χ0v) is 12.7. The molecule has 1 aromatic heterocycles. The first-order valence-corrected chi connectivity index (χ1v) is 7.49. The average molecular weight is 299 g/mol. The van der Waals surface area contributed by atoms with Gasteiger partial charge in [-0.25, -0.2) is 9.97 Å². The molecule has 2 aliphatic rings. The molecule has 1 aromatic carbocycles. The van der Waals surface area contributed by atoms with Crippen molar-refractivity contribution in [2.24, 2.45) is 5.92 Å². The van der Waals surface area contributed by atoms with Gasteiger partial charge < -0.3 is 21.1 Å². The number of hydrogen-bond acceptors (Lipinski definition) is 6. The Morgan fingerprint density at radius 2 is 2.23 bits per heavy atom. The number of aromatic nitrogens is 2. The lowest BCUT2D eigenvalue weighted by molar-refractivity contribution is 0.415. The lowest BCUT2D eigenvalue weighted by Crippen LogP contribution is -2.26. The van der Waals surface area contributed by atoms with Gasteiger partial charge in [-0.15, -0.1) is 0 Å². The fraction of sp³-hybridized carbons (Fsp3) is 0.375. The number of ether oxygens (including phenoxy) is 1. The Morgan fingerprint density at radius 1 is 1.32 bits per heavy atom. The Labute approximate surface area is 129 Å². The minimum absolute atomic E-state index is 0.493. The molecule has 2 aliphatic heterocycles. The number of anilines is 1. The monoisotopic (exact) mass is 299 g/mol. The first kappa shape index (κ1) is 14.4. The molecule has 4 rings (SSSR count). The highest BCUT2D eigenvalue weighted by atomic mass is 16.5. The Morgan fingerprint density at radius 3 is 3.05 bits per heavy atom. The van der Waals surface area contributed by atoms with Crippen molar-refractivity contribution >= 4 is 16.7 Å². The van der Waals surface area contributed by atoms with Crippen LogP contribution in [0.1, 0.15) is 12.8 Å². The third kappa shape index (κ3) is 3.05. The van der Waals surface area contributed by atoms with Gasteiger partial charge >= 0.3 is 0 Å². The molecule has 0 saturated carbocycles. The van der Waals surface area contributed by atoms with Crippen LogP contribution in [-0.2, 0) is 0 Å². The fourth-order valence-corrected chi connectivity index (χ4v) is 2.76. The largest absolute Gasteiger partial charge is 0.497 e. The fourth-order valence-electron chi connectivity index (χ4n) is 2.76. The number of hydrogen-bond donors (Lipinski definition) is 3. The van der Waals surface area contributed by atoms with Crippen LogP contribution >= 0.6 is 0 Å². The highest BCUT2D eigenvalue weighted by Gasteiger charge is 2.21. The number of nitrogen functional groups attached to an aromatic ring is 1. The van der Waals surface area contributed by atoms with Gasteiger partial charge in [-0.05, 0) is 25.0 Å². The maximum absolute atomic E-state index is 5.66. The zero-order valence-electron chi connectivity index (χ0n) is 12.7. The van der Waals surface area contributed by atoms with Crippen LogP contribution < -0.4 is 21.1 Å². The van der Waals surface area contributed by atoms with E-state index >= 15 is 0 Å². The van der Waals surface area contributed by atoms with E-state index in [-0.39, 0.29) is 0 Å². The number of nitrogens with two attached hydrogens (primary N) is 1. The number of nitrogens with zero attached hydrogens (tertiary/aromatic N) is 2. The second-order valence-corrected chi connectivity index (χ2v) is 5.42. The first-order chi connectivity index (χ1) is 10.8. The molecule has 116 valence electrons. The summed E-state index contributed by atoms with van der Waals surface area (Å²) in [5, 5.41) is 7.47. The minimum Gasteiger partial charge on any atom is -0.497 e. The Kier molecular flexibility index (Phi) is 4.27. The van der Waals surface area contributed by atoms with Gasteiger partial charge in [-0.3, -0.25) is 0 Å². The second kappa shape index (κ2) is 6.51. The van der Waals surface area contributed by atoms with Crippen LogP contribution in [0, 0.1) is 5.92 Å². The summed E-state index contributed by atoms with van der Waals surface area (Å²) in [6.45, 7) is 2.33. The minimum atomic E-state index is 0.493. The second-order valence-electron chi connectivity index (χ2n) is 5.42. The van der Waals surface area contributed by atoms with Crippen LogP contribution in [0.15, 0.2) is 36.4 Å². The number of nitrogens with one attached hydrogen (secondary N) is 2. The lowest BCUT2D eigenvalue weighted by atomic mass is 9.98. The molecule has 0 bridgehead atoms. The van der Waals surface area contributed by atoms with E-state index in [1.807, 2.05) is 18.2 Å². The van der Waals surface area contributed by atoms with Crippen LogP contribution in [0.5, 0.6) is 5.75 Å². The van der Waals surface area contributed by atoms with Gasteiger partial charge in [-0.2, -0.15) is 0 Å². The van der Waals surface area contributed by atoms with Gasteiger partial charge in [0.15, 0.2) is 0 Å². The molecule has 0 aliphatic carbocycles. The summed E-state index contributed by atoms with van der Waals surface area (Å²) in [7, 11) is 1.62. The van der Waals surface area contributed by atoms with Gasteiger partial charge in [-0.1, -0.05) is 0 Å². The third-order valence-corrected chi connectivity index (χ3v) is 3.99. The van der Waals surface area contributed by atoms with Crippen molar-refractivity contribution < 1.29 is 4.74 Å². The Balaban J connectivity index is 0.000000139. The van der Waals surface area contributed by atoms with E-state index in [0.717, 1.165) is 29.1 Å². The molecule has 0 spiro atoms. The van der Waals surface area contributed by atoms with Crippen LogP contribution in [0.25, 0.3) is 10.9 Å². The van der Waals surface area contributed by atoms with Crippen molar-refractivity contribution in [3.63, 3.8) is 0 Å². The van der Waals surface area contributed by atoms with E-state index in [1.54, 1.807) is 7.11 Å². The number of methoxy groups -OCH3 is 1. The molecule has 2 aromatic rings. The Hall–Kier alpha value is -2.50. The maximum Gasteiger partial charge on any atom is 0.134 e. The number of benzene rings is 1. The summed E-state index contributed by atoms with van der Waals surface area (Å²) in [6, 6.07) is 5.51. The molecule has 6 nitrogen and oxygen atoms in total. The Bertz CT molecular complexity index is 685. The third-order valence-electron chi connectivity index (χ3n) is 3.99. The quantitative estimate of drug-likeness (QED) is 0.742. The van der Waals surface area contributed by atoms with Crippen molar-refractivity contribution in [2.75, 3.05) is 25.9 Å². The number of fused-ring (bicyclic) bond motifs is 2. The summed E-state index contributed by atoms with van der Waals surface area (Å²) in [4.78, 5) is 7.97. The van der Waals surface area contributed by atoms with E-state index in [4.69, 9.17) is 10.5 Å². The summed E-state index contributed by atoms with van der Waals surface area (Å²) in [5.74, 6) is 2.07. The molecule has 0 radical (unpaired) electrons. The summed E-state index contributed by atoms with van der Waals surface area (Å²) in [5.41, 5.74) is 7.89.